The van der Waals surface area contributed by atoms with Crippen LogP contribution in [-0.4, -0.2) is 19.2 Å². The van der Waals surface area contributed by atoms with Gasteiger partial charge in [-0.25, -0.2) is 0 Å². The van der Waals surface area contributed by atoms with Crippen LogP contribution in [0.4, 0.5) is 0 Å². The molecular formula is C11H17NO2. The highest BCUT2D eigenvalue weighted by atomic mass is 16.5. The second-order valence-electron chi connectivity index (χ2n) is 4.17. The number of nitrogens with zero attached hydrogens (tertiary/aromatic N) is 1. The Balaban J connectivity index is 3.14. The molecule has 1 aromatic rings. The van der Waals surface area contributed by atoms with Crippen LogP contribution in [0.5, 0.6) is 11.5 Å². The third-order valence-electron chi connectivity index (χ3n) is 2.04. The summed E-state index contributed by atoms with van der Waals surface area (Å²) in [5.74, 6) is 1.40. The molecule has 0 aliphatic carbocycles. The first kappa shape index (κ1) is 10.8. The van der Waals surface area contributed by atoms with Crippen molar-refractivity contribution in [2.24, 2.45) is 0 Å². The van der Waals surface area contributed by atoms with Gasteiger partial charge in [0.1, 0.15) is 0 Å². The van der Waals surface area contributed by atoms with E-state index in [0.29, 0.717) is 5.75 Å². The van der Waals surface area contributed by atoms with E-state index >= 15 is 0 Å². The summed E-state index contributed by atoms with van der Waals surface area (Å²) in [5.41, 5.74) is 1.02. The highest BCUT2D eigenvalue weighted by molar-refractivity contribution is 5.40. The van der Waals surface area contributed by atoms with Gasteiger partial charge in [-0.1, -0.05) is 20.8 Å². The molecule has 0 bridgehead atoms. The third-order valence-corrected chi connectivity index (χ3v) is 2.04. The molecule has 0 aliphatic rings. The first-order valence-corrected chi connectivity index (χ1v) is 4.57. The molecule has 0 N–H and O–H groups in total. The number of hydrogen-bond donors (Lipinski definition) is 0. The van der Waals surface area contributed by atoms with Gasteiger partial charge >= 0.3 is 0 Å². The highest BCUT2D eigenvalue weighted by Gasteiger charge is 2.17. The molecular weight excluding hydrogens is 178 g/mol. The van der Waals surface area contributed by atoms with Crippen molar-refractivity contribution in [3.8, 4) is 11.5 Å². The monoisotopic (exact) mass is 195 g/mol. The smallest absolute Gasteiger partial charge is 0.179 e. The Kier molecular flexibility index (Phi) is 2.99. The Morgan fingerprint density at radius 1 is 1.07 bits per heavy atom. The zero-order chi connectivity index (χ0) is 10.8. The molecule has 1 heterocycles. The molecule has 0 spiro atoms. The van der Waals surface area contributed by atoms with Gasteiger partial charge in [-0.15, -0.1) is 0 Å². The van der Waals surface area contributed by atoms with Crippen LogP contribution >= 0.6 is 0 Å². The van der Waals surface area contributed by atoms with Crippen molar-refractivity contribution in [1.29, 1.82) is 0 Å². The van der Waals surface area contributed by atoms with Gasteiger partial charge in [-0.05, 0) is 0 Å². The van der Waals surface area contributed by atoms with Gasteiger partial charge in [0.2, 0.25) is 0 Å². The summed E-state index contributed by atoms with van der Waals surface area (Å²) < 4.78 is 10.3. The minimum Gasteiger partial charge on any atom is -0.493 e. The number of hydrogen-bond acceptors (Lipinski definition) is 3. The topological polar surface area (TPSA) is 31.4 Å². The quantitative estimate of drug-likeness (QED) is 0.726. The Hall–Kier alpha value is -1.25. The van der Waals surface area contributed by atoms with Gasteiger partial charge in [-0.2, -0.15) is 0 Å². The molecule has 0 aliphatic heterocycles. The van der Waals surface area contributed by atoms with Crippen LogP contribution in [0.3, 0.4) is 0 Å². The second kappa shape index (κ2) is 3.86. The minimum atomic E-state index is 0.0273. The maximum Gasteiger partial charge on any atom is 0.179 e. The summed E-state index contributed by atoms with van der Waals surface area (Å²) in [5, 5.41) is 0. The molecule has 3 heteroatoms. The van der Waals surface area contributed by atoms with Crippen molar-refractivity contribution in [3.05, 3.63) is 18.0 Å². The Morgan fingerprint density at radius 2 is 1.64 bits per heavy atom. The molecule has 78 valence electrons. The highest BCUT2D eigenvalue weighted by Crippen LogP contribution is 2.30. The predicted octanol–water partition coefficient (Wildman–Crippen LogP) is 2.40. The molecule has 0 fully saturated rings. The average molecular weight is 195 g/mol. The van der Waals surface area contributed by atoms with Crippen LogP contribution in [0.2, 0.25) is 0 Å². The van der Waals surface area contributed by atoms with E-state index in [1.165, 1.54) is 0 Å². The normalized spacial score (nSPS) is 11.2. The van der Waals surface area contributed by atoms with Crippen LogP contribution in [0.15, 0.2) is 12.3 Å². The lowest BCUT2D eigenvalue weighted by molar-refractivity contribution is 0.351. The zero-order valence-corrected chi connectivity index (χ0v) is 9.42. The van der Waals surface area contributed by atoms with Crippen molar-refractivity contribution < 1.29 is 9.47 Å². The van der Waals surface area contributed by atoms with Gasteiger partial charge in [-0.3, -0.25) is 4.98 Å². The molecule has 3 nitrogen and oxygen atoms in total. The Labute approximate surface area is 85.1 Å². The first-order valence-electron chi connectivity index (χ1n) is 4.57. The summed E-state index contributed by atoms with van der Waals surface area (Å²) in [6, 6.07) is 1.92. The largest absolute Gasteiger partial charge is 0.493 e. The van der Waals surface area contributed by atoms with Crippen molar-refractivity contribution in [2.75, 3.05) is 14.2 Å². The number of aromatic nitrogens is 1. The number of methoxy groups -OCH3 is 2. The zero-order valence-electron chi connectivity index (χ0n) is 9.42. The molecule has 0 aromatic carbocycles. The van der Waals surface area contributed by atoms with Crippen LogP contribution in [0, 0.1) is 0 Å². The first-order chi connectivity index (χ1) is 6.49. The van der Waals surface area contributed by atoms with Crippen molar-refractivity contribution in [1.82, 2.24) is 4.98 Å². The molecule has 0 radical (unpaired) electrons. The van der Waals surface area contributed by atoms with E-state index in [1.807, 2.05) is 6.07 Å². The van der Waals surface area contributed by atoms with E-state index in [0.717, 1.165) is 11.4 Å². The maximum absolute atomic E-state index is 5.21. The summed E-state index contributed by atoms with van der Waals surface area (Å²) in [6.45, 7) is 6.34. The van der Waals surface area contributed by atoms with E-state index in [4.69, 9.17) is 9.47 Å². The fraction of sp³-hybridized carbons (Fsp3) is 0.545. The van der Waals surface area contributed by atoms with Gasteiger partial charge in [0.05, 0.1) is 20.4 Å². The fourth-order valence-electron chi connectivity index (χ4n) is 1.15. The van der Waals surface area contributed by atoms with E-state index in [-0.39, 0.29) is 5.41 Å². The van der Waals surface area contributed by atoms with Crippen molar-refractivity contribution >= 4 is 0 Å². The molecule has 1 rings (SSSR count). The lowest BCUT2D eigenvalue weighted by Gasteiger charge is -2.19. The Bertz CT molecular complexity index is 316. The van der Waals surface area contributed by atoms with Gasteiger partial charge in [0.25, 0.3) is 0 Å². The predicted molar refractivity (Wildman–Crippen MR) is 56.0 cm³/mol. The van der Waals surface area contributed by atoms with Crippen molar-refractivity contribution in [3.63, 3.8) is 0 Å². The SMILES string of the molecule is COc1cnc(C(C)(C)C)cc1OC. The molecule has 14 heavy (non-hydrogen) atoms. The van der Waals surface area contributed by atoms with Crippen LogP contribution in [-0.2, 0) is 5.41 Å². The number of ether oxygens (including phenoxy) is 2. The standard InChI is InChI=1S/C11H17NO2/c1-11(2,3)10-6-8(13-4)9(14-5)7-12-10/h6-7H,1-5H3. The van der Waals surface area contributed by atoms with Crippen LogP contribution in [0.1, 0.15) is 26.5 Å². The van der Waals surface area contributed by atoms with E-state index in [2.05, 4.69) is 25.8 Å². The average Bonchev–Trinajstić information content (AvgIpc) is 2.15. The second-order valence-corrected chi connectivity index (χ2v) is 4.17. The summed E-state index contributed by atoms with van der Waals surface area (Å²) in [6.07, 6.45) is 1.69. The van der Waals surface area contributed by atoms with Gasteiger partial charge in [0.15, 0.2) is 11.5 Å². The molecule has 0 unspecified atom stereocenters. The lowest BCUT2D eigenvalue weighted by atomic mass is 9.91. The van der Waals surface area contributed by atoms with E-state index < -0.39 is 0 Å². The summed E-state index contributed by atoms with van der Waals surface area (Å²) >= 11 is 0. The van der Waals surface area contributed by atoms with Gasteiger partial charge in [0, 0.05) is 17.2 Å². The van der Waals surface area contributed by atoms with Crippen LogP contribution in [0.25, 0.3) is 0 Å². The van der Waals surface area contributed by atoms with Crippen molar-refractivity contribution in [2.45, 2.75) is 26.2 Å². The maximum atomic E-state index is 5.21. The molecule has 0 amide bonds. The number of pyridine rings is 1. The summed E-state index contributed by atoms with van der Waals surface area (Å²) in [4.78, 5) is 4.32. The van der Waals surface area contributed by atoms with Crippen LogP contribution < -0.4 is 9.47 Å². The number of rotatable bonds is 2. The fourth-order valence-corrected chi connectivity index (χ4v) is 1.15. The van der Waals surface area contributed by atoms with E-state index in [9.17, 15) is 0 Å². The molecule has 0 saturated carbocycles. The Morgan fingerprint density at radius 3 is 2.07 bits per heavy atom. The molecule has 0 atom stereocenters. The molecule has 1 aromatic heterocycles. The lowest BCUT2D eigenvalue weighted by Crippen LogP contribution is -2.13. The minimum absolute atomic E-state index is 0.0273. The van der Waals surface area contributed by atoms with E-state index in [1.54, 1.807) is 20.4 Å². The molecule has 0 saturated heterocycles. The van der Waals surface area contributed by atoms with Gasteiger partial charge < -0.3 is 9.47 Å². The summed E-state index contributed by atoms with van der Waals surface area (Å²) in [7, 11) is 3.24. The third kappa shape index (κ3) is 2.16.